The van der Waals surface area contributed by atoms with Gasteiger partial charge in [0.05, 0.1) is 11.3 Å². The summed E-state index contributed by atoms with van der Waals surface area (Å²) in [5, 5.41) is 0. The van der Waals surface area contributed by atoms with Crippen LogP contribution in [0.1, 0.15) is 24.5 Å². The summed E-state index contributed by atoms with van der Waals surface area (Å²) < 4.78 is 135. The van der Waals surface area contributed by atoms with Crippen LogP contribution in [0.5, 0.6) is 11.5 Å². The lowest BCUT2D eigenvalue weighted by Crippen LogP contribution is -2.23. The minimum Gasteiger partial charge on any atom is -0.429 e. The number of benzene rings is 4. The lowest BCUT2D eigenvalue weighted by Gasteiger charge is -2.19. The van der Waals surface area contributed by atoms with E-state index < -0.39 is 52.8 Å². The van der Waals surface area contributed by atoms with Crippen molar-refractivity contribution in [1.82, 2.24) is 4.98 Å². The molecule has 1 aromatic heterocycles. The molecule has 0 N–H and O–H groups in total. The fourth-order valence-electron chi connectivity index (χ4n) is 4.86. The van der Waals surface area contributed by atoms with Crippen molar-refractivity contribution >= 4 is 0 Å². The summed E-state index contributed by atoms with van der Waals surface area (Å²) in [5.74, 6) is -6.46. The van der Waals surface area contributed by atoms with Crippen LogP contribution in [0.4, 0.5) is 39.5 Å². The van der Waals surface area contributed by atoms with Gasteiger partial charge >= 0.3 is 12.5 Å². The third kappa shape index (κ3) is 7.99. The summed E-state index contributed by atoms with van der Waals surface area (Å²) in [6.45, 7) is 1.91. The molecule has 0 amide bonds. The molecule has 0 spiro atoms. The summed E-state index contributed by atoms with van der Waals surface area (Å²) in [6.07, 6.45) is -2.18. The van der Waals surface area contributed by atoms with Gasteiger partial charge in [0.15, 0.2) is 11.6 Å². The highest BCUT2D eigenvalue weighted by Crippen LogP contribution is 2.37. The van der Waals surface area contributed by atoms with Gasteiger partial charge < -0.3 is 9.47 Å². The second-order valence-corrected chi connectivity index (χ2v) is 10.5. The highest BCUT2D eigenvalue weighted by Gasteiger charge is 2.38. The Kier molecular flexibility index (Phi) is 9.83. The Morgan fingerprint density at radius 3 is 1.85 bits per heavy atom. The monoisotopic (exact) mass is 673 g/mol. The van der Waals surface area contributed by atoms with E-state index in [1.807, 2.05) is 25.1 Å². The van der Waals surface area contributed by atoms with E-state index in [0.29, 0.717) is 23.9 Å². The highest BCUT2D eigenvalue weighted by molar-refractivity contribution is 5.72. The van der Waals surface area contributed by atoms with Gasteiger partial charge in [-0.15, -0.1) is 13.2 Å². The number of pyridine rings is 1. The Labute approximate surface area is 268 Å². The first-order valence-electron chi connectivity index (χ1n) is 14.3. The normalized spacial score (nSPS) is 12.0. The van der Waals surface area contributed by atoms with Gasteiger partial charge in [0, 0.05) is 29.0 Å². The molecule has 0 unspecified atom stereocenters. The number of hydrogen-bond donors (Lipinski definition) is 0. The van der Waals surface area contributed by atoms with Crippen molar-refractivity contribution in [3.05, 3.63) is 138 Å². The average molecular weight is 674 g/mol. The molecule has 5 aromatic rings. The van der Waals surface area contributed by atoms with Crippen LogP contribution in [-0.2, 0) is 12.5 Å². The van der Waals surface area contributed by atoms with E-state index in [-0.39, 0.29) is 27.8 Å². The van der Waals surface area contributed by atoms with Crippen LogP contribution in [-0.4, -0.2) is 11.3 Å². The zero-order valence-corrected chi connectivity index (χ0v) is 24.9. The van der Waals surface area contributed by atoms with Crippen molar-refractivity contribution in [2.75, 3.05) is 0 Å². The maximum atomic E-state index is 15.0. The topological polar surface area (TPSA) is 31.4 Å². The van der Waals surface area contributed by atoms with E-state index in [2.05, 4.69) is 14.5 Å². The molecule has 0 saturated carbocycles. The van der Waals surface area contributed by atoms with Crippen LogP contribution in [0.3, 0.4) is 0 Å². The van der Waals surface area contributed by atoms with E-state index in [9.17, 15) is 26.3 Å². The van der Waals surface area contributed by atoms with Crippen molar-refractivity contribution < 1.29 is 49.0 Å². The SMILES string of the molecule is CC=CCCc1ccc(-c2ccc(C(F)(F)Oc3ccc(-c4ccc(-c5ccc(OC(F)(F)F)c(F)c5)c(F)c4)c(F)c3)c(F)c2)nc1. The Bertz CT molecular complexity index is 1960. The largest absolute Gasteiger partial charge is 0.573 e. The molecule has 0 aliphatic rings. The van der Waals surface area contributed by atoms with E-state index in [1.165, 1.54) is 12.1 Å². The molecular formula is C36H24F9NO2. The van der Waals surface area contributed by atoms with Gasteiger partial charge in [0.2, 0.25) is 0 Å². The van der Waals surface area contributed by atoms with Gasteiger partial charge in [-0.3, -0.25) is 4.98 Å². The summed E-state index contributed by atoms with van der Waals surface area (Å²) in [4.78, 5) is 4.29. The van der Waals surface area contributed by atoms with E-state index >= 15 is 13.2 Å². The third-order valence-electron chi connectivity index (χ3n) is 7.17. The second-order valence-electron chi connectivity index (χ2n) is 10.5. The quantitative estimate of drug-likeness (QED) is 0.109. The van der Waals surface area contributed by atoms with Gasteiger partial charge in [-0.25, -0.2) is 17.6 Å². The first kappa shape index (κ1) is 34.1. The summed E-state index contributed by atoms with van der Waals surface area (Å²) in [5.41, 5.74) is -0.0816. The molecule has 1 heterocycles. The van der Waals surface area contributed by atoms with Crippen LogP contribution in [0.25, 0.3) is 33.5 Å². The Morgan fingerprint density at radius 2 is 1.27 bits per heavy atom. The first-order valence-corrected chi connectivity index (χ1v) is 14.3. The van der Waals surface area contributed by atoms with Gasteiger partial charge in [0.25, 0.3) is 0 Å². The fraction of sp³-hybridized carbons (Fsp3) is 0.139. The smallest absolute Gasteiger partial charge is 0.429 e. The number of rotatable bonds is 10. The Morgan fingerprint density at radius 1 is 0.646 bits per heavy atom. The average Bonchev–Trinajstić information content (AvgIpc) is 3.01. The molecule has 0 aliphatic heterocycles. The number of allylic oxidation sites excluding steroid dienone is 2. The molecule has 0 saturated heterocycles. The van der Waals surface area contributed by atoms with Crippen molar-refractivity contribution in [1.29, 1.82) is 0 Å². The van der Waals surface area contributed by atoms with Crippen molar-refractivity contribution in [2.24, 2.45) is 0 Å². The predicted octanol–water partition coefficient (Wildman–Crippen LogP) is 11.2. The second kappa shape index (κ2) is 13.8. The third-order valence-corrected chi connectivity index (χ3v) is 7.17. The van der Waals surface area contributed by atoms with Crippen LogP contribution in [0.15, 0.2) is 103 Å². The molecular weight excluding hydrogens is 649 g/mol. The molecule has 0 atom stereocenters. The fourth-order valence-corrected chi connectivity index (χ4v) is 4.86. The van der Waals surface area contributed by atoms with E-state index in [4.69, 9.17) is 0 Å². The van der Waals surface area contributed by atoms with Gasteiger partial charge in [0.1, 0.15) is 23.2 Å². The summed E-state index contributed by atoms with van der Waals surface area (Å²) >= 11 is 0. The molecule has 0 fully saturated rings. The number of aryl methyl sites for hydroxylation is 1. The number of hydrogen-bond acceptors (Lipinski definition) is 3. The number of halogens is 9. The zero-order valence-electron chi connectivity index (χ0n) is 24.9. The maximum Gasteiger partial charge on any atom is 0.573 e. The Balaban J connectivity index is 1.30. The molecule has 48 heavy (non-hydrogen) atoms. The molecule has 248 valence electrons. The number of aromatic nitrogens is 1. The maximum absolute atomic E-state index is 15.0. The number of nitrogens with zero attached hydrogens (tertiary/aromatic N) is 1. The lowest BCUT2D eigenvalue weighted by molar-refractivity contribution is -0.275. The summed E-state index contributed by atoms with van der Waals surface area (Å²) in [7, 11) is 0. The standard InChI is InChI=1S/C36H24F9NO2/c1-2-3-4-5-21-6-14-33(46-20-21)24-8-13-28(31(39)18-24)35(41,42)47-25-10-12-27(30(38)19-25)22-7-11-26(29(37)16-22)23-9-15-34(32(40)17-23)48-36(43,44)45/h2-3,6-20H,4-5H2,1H3. The van der Waals surface area contributed by atoms with Crippen LogP contribution < -0.4 is 9.47 Å². The predicted molar refractivity (Wildman–Crippen MR) is 161 cm³/mol. The number of alkyl halides is 5. The molecule has 4 aromatic carbocycles. The summed E-state index contributed by atoms with van der Waals surface area (Å²) in [6, 6.07) is 14.7. The van der Waals surface area contributed by atoms with Gasteiger partial charge in [-0.2, -0.15) is 8.78 Å². The minimum absolute atomic E-state index is 0.0365. The first-order chi connectivity index (χ1) is 22.7. The van der Waals surface area contributed by atoms with Crippen LogP contribution in [0, 0.1) is 23.3 Å². The van der Waals surface area contributed by atoms with Crippen LogP contribution >= 0.6 is 0 Å². The highest BCUT2D eigenvalue weighted by atomic mass is 19.4. The van der Waals surface area contributed by atoms with Crippen molar-refractivity contribution in [2.45, 2.75) is 32.2 Å². The van der Waals surface area contributed by atoms with E-state index in [0.717, 1.165) is 60.9 Å². The Hall–Kier alpha value is -5.26. The van der Waals surface area contributed by atoms with Crippen molar-refractivity contribution in [3.63, 3.8) is 0 Å². The van der Waals surface area contributed by atoms with Gasteiger partial charge in [-0.05, 0) is 85.0 Å². The van der Waals surface area contributed by atoms with Crippen molar-refractivity contribution in [3.8, 4) is 45.0 Å². The van der Waals surface area contributed by atoms with E-state index in [1.54, 1.807) is 12.3 Å². The van der Waals surface area contributed by atoms with Gasteiger partial charge in [-0.1, -0.05) is 42.5 Å². The number of ether oxygens (including phenoxy) is 2. The molecule has 0 radical (unpaired) electrons. The van der Waals surface area contributed by atoms with Crippen LogP contribution in [0.2, 0.25) is 0 Å². The molecule has 12 heteroatoms. The molecule has 3 nitrogen and oxygen atoms in total. The molecule has 0 bridgehead atoms. The molecule has 5 rings (SSSR count). The molecule has 0 aliphatic carbocycles. The lowest BCUT2D eigenvalue weighted by atomic mass is 9.99. The zero-order chi connectivity index (χ0) is 34.6. The minimum atomic E-state index is -5.13.